The summed E-state index contributed by atoms with van der Waals surface area (Å²) >= 11 is 2.34. The minimum Gasteiger partial charge on any atom is -0.359 e. The number of rotatable bonds is 5. The predicted molar refractivity (Wildman–Crippen MR) is 56.0 cm³/mol. The van der Waals surface area contributed by atoms with Gasteiger partial charge in [0.05, 0.1) is 0 Å². The molecule has 1 N–H and O–H groups in total. The van der Waals surface area contributed by atoms with Crippen LogP contribution in [0.2, 0.25) is 0 Å². The molecule has 0 spiro atoms. The molecule has 0 aliphatic heterocycles. The van der Waals surface area contributed by atoms with Gasteiger partial charge >= 0.3 is 0 Å². The lowest BCUT2D eigenvalue weighted by Gasteiger charge is -2.11. The van der Waals surface area contributed by atoms with Crippen molar-refractivity contribution >= 4 is 28.5 Å². The quantitative estimate of drug-likeness (QED) is 0.600. The highest BCUT2D eigenvalue weighted by atomic mass is 127. The van der Waals surface area contributed by atoms with Crippen LogP contribution in [0.15, 0.2) is 0 Å². The van der Waals surface area contributed by atoms with Gasteiger partial charge in [0, 0.05) is 13.0 Å². The van der Waals surface area contributed by atoms with Gasteiger partial charge in [-0.05, 0) is 23.7 Å². The Morgan fingerprint density at radius 2 is 2.27 bits per heavy atom. The van der Waals surface area contributed by atoms with E-state index in [0.717, 1.165) is 23.7 Å². The molecule has 66 valence electrons. The van der Waals surface area contributed by atoms with Crippen LogP contribution in [0.4, 0.5) is 0 Å². The van der Waals surface area contributed by atoms with Crippen molar-refractivity contribution in [1.82, 2.24) is 5.32 Å². The van der Waals surface area contributed by atoms with Gasteiger partial charge in [-0.15, -0.1) is 0 Å². The highest BCUT2D eigenvalue weighted by Gasteiger charge is 2.13. The van der Waals surface area contributed by atoms with E-state index in [4.69, 9.17) is 0 Å². The minimum absolute atomic E-state index is 0.192. The number of carbonyl (C=O) groups excluding carboxylic acids is 1. The fourth-order valence-electron chi connectivity index (χ4n) is 1.05. The van der Waals surface area contributed by atoms with Crippen LogP contribution in [-0.4, -0.2) is 17.4 Å². The fraction of sp³-hybridized carbons (Fsp3) is 0.875. The van der Waals surface area contributed by atoms with E-state index < -0.39 is 0 Å². The van der Waals surface area contributed by atoms with Crippen molar-refractivity contribution in [1.29, 1.82) is 0 Å². The Balaban J connectivity index is 3.65. The van der Waals surface area contributed by atoms with Crippen molar-refractivity contribution in [3.63, 3.8) is 0 Å². The van der Waals surface area contributed by atoms with Gasteiger partial charge in [-0.2, -0.15) is 0 Å². The van der Waals surface area contributed by atoms with Crippen LogP contribution in [0.5, 0.6) is 0 Å². The van der Waals surface area contributed by atoms with Crippen molar-refractivity contribution in [2.45, 2.75) is 26.2 Å². The maximum absolute atomic E-state index is 11.1. The molecule has 0 aromatic heterocycles. The second kappa shape index (κ2) is 6.88. The van der Waals surface area contributed by atoms with Crippen LogP contribution >= 0.6 is 22.6 Å². The number of halogens is 1. The molecule has 0 saturated carbocycles. The molecule has 0 aromatic carbocycles. The average molecular weight is 269 g/mol. The van der Waals surface area contributed by atoms with E-state index in [9.17, 15) is 4.79 Å². The number of hydrogen-bond acceptors (Lipinski definition) is 1. The van der Waals surface area contributed by atoms with Gasteiger partial charge in [0.2, 0.25) is 5.91 Å². The number of hydrogen-bond donors (Lipinski definition) is 1. The topological polar surface area (TPSA) is 29.1 Å². The van der Waals surface area contributed by atoms with E-state index in [2.05, 4.69) is 34.8 Å². The number of alkyl halides is 1. The summed E-state index contributed by atoms with van der Waals surface area (Å²) < 4.78 is 1.14. The summed E-state index contributed by atoms with van der Waals surface area (Å²) in [5, 5.41) is 2.68. The van der Waals surface area contributed by atoms with E-state index in [0.29, 0.717) is 0 Å². The lowest BCUT2D eigenvalue weighted by molar-refractivity contribution is -0.124. The van der Waals surface area contributed by atoms with E-state index >= 15 is 0 Å². The second-order valence-electron chi connectivity index (χ2n) is 2.55. The molecular weight excluding hydrogens is 253 g/mol. The molecule has 3 heteroatoms. The summed E-state index contributed by atoms with van der Waals surface area (Å²) in [7, 11) is 1.70. The fourth-order valence-corrected chi connectivity index (χ4v) is 1.49. The lowest BCUT2D eigenvalue weighted by atomic mass is 10.0. The SMILES string of the molecule is CCC(CCCI)C(=O)NC. The normalized spacial score (nSPS) is 12.6. The van der Waals surface area contributed by atoms with Crippen molar-refractivity contribution in [2.75, 3.05) is 11.5 Å². The largest absolute Gasteiger partial charge is 0.359 e. The van der Waals surface area contributed by atoms with Crippen LogP contribution < -0.4 is 5.32 Å². The number of carbonyl (C=O) groups is 1. The third kappa shape index (κ3) is 4.61. The monoisotopic (exact) mass is 269 g/mol. The van der Waals surface area contributed by atoms with Crippen molar-refractivity contribution in [3.05, 3.63) is 0 Å². The molecule has 1 unspecified atom stereocenters. The Morgan fingerprint density at radius 1 is 1.64 bits per heavy atom. The molecule has 11 heavy (non-hydrogen) atoms. The van der Waals surface area contributed by atoms with E-state index in [-0.39, 0.29) is 11.8 Å². The van der Waals surface area contributed by atoms with E-state index in [1.54, 1.807) is 7.05 Å². The zero-order valence-electron chi connectivity index (χ0n) is 7.19. The summed E-state index contributed by atoms with van der Waals surface area (Å²) in [4.78, 5) is 11.1. The third-order valence-electron chi connectivity index (χ3n) is 1.80. The Labute approximate surface area is 82.3 Å². The first-order valence-corrected chi connectivity index (χ1v) is 5.56. The van der Waals surface area contributed by atoms with E-state index in [1.807, 2.05) is 0 Å². The molecule has 0 saturated heterocycles. The molecule has 1 atom stereocenters. The van der Waals surface area contributed by atoms with Gasteiger partial charge in [-0.1, -0.05) is 29.5 Å². The van der Waals surface area contributed by atoms with Crippen LogP contribution in [0, 0.1) is 5.92 Å². The van der Waals surface area contributed by atoms with Gasteiger partial charge < -0.3 is 5.32 Å². The second-order valence-corrected chi connectivity index (χ2v) is 3.63. The Bertz CT molecular complexity index is 117. The first-order valence-electron chi connectivity index (χ1n) is 4.03. The van der Waals surface area contributed by atoms with Crippen molar-refractivity contribution in [3.8, 4) is 0 Å². The van der Waals surface area contributed by atoms with Gasteiger partial charge in [0.1, 0.15) is 0 Å². The first-order chi connectivity index (χ1) is 5.26. The highest BCUT2D eigenvalue weighted by Crippen LogP contribution is 2.11. The lowest BCUT2D eigenvalue weighted by Crippen LogP contribution is -2.26. The molecule has 0 aromatic rings. The van der Waals surface area contributed by atoms with Crippen LogP contribution in [0.25, 0.3) is 0 Å². The standard InChI is InChI=1S/C8H16INO/c1-3-7(5-4-6-9)8(11)10-2/h7H,3-6H2,1-2H3,(H,10,11). The molecule has 0 radical (unpaired) electrons. The summed E-state index contributed by atoms with van der Waals surface area (Å²) in [5.41, 5.74) is 0. The molecule has 0 aliphatic carbocycles. The average Bonchev–Trinajstić information content (AvgIpc) is 2.05. The molecule has 0 heterocycles. The minimum atomic E-state index is 0.192. The van der Waals surface area contributed by atoms with Crippen LogP contribution in [0.3, 0.4) is 0 Å². The summed E-state index contributed by atoms with van der Waals surface area (Å²) in [6, 6.07) is 0. The Morgan fingerprint density at radius 3 is 2.64 bits per heavy atom. The molecule has 0 bridgehead atoms. The van der Waals surface area contributed by atoms with Gasteiger partial charge in [0.25, 0.3) is 0 Å². The smallest absolute Gasteiger partial charge is 0.222 e. The Kier molecular flexibility index (Phi) is 7.01. The maximum Gasteiger partial charge on any atom is 0.222 e. The molecule has 0 fully saturated rings. The Hall–Kier alpha value is 0.200. The van der Waals surface area contributed by atoms with Gasteiger partial charge in [0.15, 0.2) is 0 Å². The van der Waals surface area contributed by atoms with Crippen LogP contribution in [0.1, 0.15) is 26.2 Å². The first kappa shape index (κ1) is 11.2. The molecule has 1 amide bonds. The summed E-state index contributed by atoms with van der Waals surface area (Å²) in [5.74, 6) is 0.423. The summed E-state index contributed by atoms with van der Waals surface area (Å²) in [6.45, 7) is 2.06. The molecule has 0 aliphatic rings. The maximum atomic E-state index is 11.1. The molecular formula is C8H16INO. The zero-order chi connectivity index (χ0) is 8.69. The predicted octanol–water partition coefficient (Wildman–Crippen LogP) is 1.97. The number of nitrogens with one attached hydrogen (secondary N) is 1. The van der Waals surface area contributed by atoms with E-state index in [1.165, 1.54) is 0 Å². The van der Waals surface area contributed by atoms with Crippen LogP contribution in [-0.2, 0) is 4.79 Å². The van der Waals surface area contributed by atoms with Gasteiger partial charge in [-0.25, -0.2) is 0 Å². The molecule has 2 nitrogen and oxygen atoms in total. The third-order valence-corrected chi connectivity index (χ3v) is 2.56. The van der Waals surface area contributed by atoms with Gasteiger partial charge in [-0.3, -0.25) is 4.79 Å². The highest BCUT2D eigenvalue weighted by molar-refractivity contribution is 14.1. The zero-order valence-corrected chi connectivity index (χ0v) is 9.35. The molecule has 0 rings (SSSR count). The number of amides is 1. The van der Waals surface area contributed by atoms with Crippen molar-refractivity contribution in [2.24, 2.45) is 5.92 Å². The summed E-state index contributed by atoms with van der Waals surface area (Å²) in [6.07, 6.45) is 3.13. The van der Waals surface area contributed by atoms with Crippen molar-refractivity contribution < 1.29 is 4.79 Å².